The van der Waals surface area contributed by atoms with Crippen LogP contribution in [0.4, 0.5) is 0 Å². The Labute approximate surface area is 115 Å². The summed E-state index contributed by atoms with van der Waals surface area (Å²) in [6.45, 7) is 2.02. The molecule has 3 fully saturated rings. The molecule has 1 aliphatic heterocycles. The third-order valence-corrected chi connectivity index (χ3v) is 4.90. The van der Waals surface area contributed by atoms with Crippen molar-refractivity contribution in [3.63, 3.8) is 0 Å². The number of carbonyl (C=O) groups excluding carboxylic acids is 1. The predicted molar refractivity (Wildman–Crippen MR) is 73.9 cm³/mol. The fourth-order valence-electron chi connectivity index (χ4n) is 3.74. The molecule has 1 saturated heterocycles. The van der Waals surface area contributed by atoms with Gasteiger partial charge < -0.3 is 10.1 Å². The van der Waals surface area contributed by atoms with Crippen LogP contribution < -0.4 is 5.32 Å². The van der Waals surface area contributed by atoms with Crippen LogP contribution in [0.1, 0.15) is 44.9 Å². The van der Waals surface area contributed by atoms with E-state index in [4.69, 9.17) is 4.74 Å². The number of nitrogens with one attached hydrogen (secondary N) is 1. The van der Waals surface area contributed by atoms with Crippen molar-refractivity contribution in [3.8, 4) is 0 Å². The van der Waals surface area contributed by atoms with E-state index in [1.165, 1.54) is 45.6 Å². The van der Waals surface area contributed by atoms with Crippen molar-refractivity contribution in [1.29, 1.82) is 0 Å². The molecule has 3 rings (SSSR count). The second-order valence-electron chi connectivity index (χ2n) is 6.49. The molecule has 0 bridgehead atoms. The molecular weight excluding hydrogens is 240 g/mol. The van der Waals surface area contributed by atoms with Crippen molar-refractivity contribution in [1.82, 2.24) is 10.2 Å². The Balaban J connectivity index is 1.63. The van der Waals surface area contributed by atoms with Crippen LogP contribution in [0.25, 0.3) is 0 Å². The van der Waals surface area contributed by atoms with Gasteiger partial charge in [-0.05, 0) is 32.1 Å². The molecule has 2 aliphatic carbocycles. The van der Waals surface area contributed by atoms with Gasteiger partial charge >= 0.3 is 5.97 Å². The van der Waals surface area contributed by atoms with Crippen LogP contribution in [0.15, 0.2) is 0 Å². The summed E-state index contributed by atoms with van der Waals surface area (Å²) in [4.78, 5) is 14.5. The Morgan fingerprint density at radius 3 is 2.47 bits per heavy atom. The summed E-state index contributed by atoms with van der Waals surface area (Å²) in [7, 11) is 1.51. The van der Waals surface area contributed by atoms with Gasteiger partial charge in [0.05, 0.1) is 13.0 Å². The zero-order chi connectivity index (χ0) is 13.2. The minimum Gasteiger partial charge on any atom is -0.469 e. The molecule has 0 radical (unpaired) electrons. The smallest absolute Gasteiger partial charge is 0.310 e. The number of hydrogen-bond donors (Lipinski definition) is 1. The largest absolute Gasteiger partial charge is 0.469 e. The van der Waals surface area contributed by atoms with Crippen LogP contribution in [0.3, 0.4) is 0 Å². The second kappa shape index (κ2) is 5.80. The van der Waals surface area contributed by atoms with Crippen LogP contribution in [-0.2, 0) is 9.53 Å². The zero-order valence-electron chi connectivity index (χ0n) is 11.9. The van der Waals surface area contributed by atoms with Crippen LogP contribution in [0, 0.1) is 5.92 Å². The minimum absolute atomic E-state index is 0.0229. The quantitative estimate of drug-likeness (QED) is 0.784. The number of carbonyl (C=O) groups is 1. The number of likely N-dealkylation sites (tertiary alicyclic amines) is 1. The number of nitrogens with zero attached hydrogens (tertiary/aromatic N) is 1. The molecule has 0 spiro atoms. The predicted octanol–water partition coefficient (Wildman–Crippen LogP) is 1.54. The maximum absolute atomic E-state index is 11.9. The fourth-order valence-corrected chi connectivity index (χ4v) is 3.74. The van der Waals surface area contributed by atoms with Crippen LogP contribution in [-0.4, -0.2) is 49.2 Å². The minimum atomic E-state index is -0.0229. The van der Waals surface area contributed by atoms with E-state index >= 15 is 0 Å². The van der Waals surface area contributed by atoms with Crippen molar-refractivity contribution >= 4 is 5.97 Å². The van der Waals surface area contributed by atoms with Gasteiger partial charge in [-0.1, -0.05) is 12.8 Å². The fraction of sp³-hybridized carbons (Fsp3) is 0.933. The summed E-state index contributed by atoms with van der Waals surface area (Å²) < 4.78 is 4.98. The van der Waals surface area contributed by atoms with E-state index in [0.29, 0.717) is 18.1 Å². The van der Waals surface area contributed by atoms with E-state index in [9.17, 15) is 4.79 Å². The molecule has 2 saturated carbocycles. The van der Waals surface area contributed by atoms with Crippen LogP contribution in [0.5, 0.6) is 0 Å². The SMILES string of the molecule is COC(=O)C1CC(NC2CC2)CN(C2CCCC2)C1. The number of esters is 1. The van der Waals surface area contributed by atoms with Gasteiger partial charge in [0.25, 0.3) is 0 Å². The first-order valence-electron chi connectivity index (χ1n) is 7.84. The van der Waals surface area contributed by atoms with E-state index in [-0.39, 0.29) is 11.9 Å². The highest BCUT2D eigenvalue weighted by Crippen LogP contribution is 2.30. The lowest BCUT2D eigenvalue weighted by Crippen LogP contribution is -2.54. The Morgan fingerprint density at radius 1 is 1.11 bits per heavy atom. The van der Waals surface area contributed by atoms with E-state index in [1.54, 1.807) is 0 Å². The third-order valence-electron chi connectivity index (χ3n) is 4.90. The Hall–Kier alpha value is -0.610. The second-order valence-corrected chi connectivity index (χ2v) is 6.49. The molecule has 19 heavy (non-hydrogen) atoms. The topological polar surface area (TPSA) is 41.6 Å². The lowest BCUT2D eigenvalue weighted by atomic mass is 9.92. The average molecular weight is 266 g/mol. The lowest BCUT2D eigenvalue weighted by Gasteiger charge is -2.40. The van der Waals surface area contributed by atoms with Gasteiger partial charge in [-0.2, -0.15) is 0 Å². The molecule has 4 nitrogen and oxygen atoms in total. The normalized spacial score (nSPS) is 33.5. The van der Waals surface area contributed by atoms with E-state index in [2.05, 4.69) is 10.2 Å². The van der Waals surface area contributed by atoms with Crippen molar-refractivity contribution < 1.29 is 9.53 Å². The van der Waals surface area contributed by atoms with Gasteiger partial charge in [-0.3, -0.25) is 9.69 Å². The van der Waals surface area contributed by atoms with Crippen molar-refractivity contribution in [2.24, 2.45) is 5.92 Å². The van der Waals surface area contributed by atoms with E-state index in [1.807, 2.05) is 0 Å². The van der Waals surface area contributed by atoms with Crippen molar-refractivity contribution in [3.05, 3.63) is 0 Å². The van der Waals surface area contributed by atoms with Crippen molar-refractivity contribution in [2.75, 3.05) is 20.2 Å². The van der Waals surface area contributed by atoms with Gasteiger partial charge in [0.2, 0.25) is 0 Å². The maximum atomic E-state index is 11.9. The molecule has 3 aliphatic rings. The third kappa shape index (κ3) is 3.29. The molecule has 0 aromatic carbocycles. The molecule has 4 heteroatoms. The Kier molecular flexibility index (Phi) is 4.08. The number of ether oxygens (including phenoxy) is 1. The molecule has 1 N–H and O–H groups in total. The van der Waals surface area contributed by atoms with Gasteiger partial charge in [0.15, 0.2) is 0 Å². The molecular formula is C15H26N2O2. The van der Waals surface area contributed by atoms with Crippen LogP contribution in [0.2, 0.25) is 0 Å². The highest BCUT2D eigenvalue weighted by Gasteiger charge is 2.37. The van der Waals surface area contributed by atoms with Gasteiger partial charge in [0, 0.05) is 31.2 Å². The van der Waals surface area contributed by atoms with Gasteiger partial charge in [-0.15, -0.1) is 0 Å². The number of methoxy groups -OCH3 is 1. The van der Waals surface area contributed by atoms with Crippen molar-refractivity contribution in [2.45, 2.75) is 63.1 Å². The number of piperidine rings is 1. The lowest BCUT2D eigenvalue weighted by molar-refractivity contribution is -0.148. The summed E-state index contributed by atoms with van der Waals surface area (Å²) in [5, 5.41) is 3.71. The van der Waals surface area contributed by atoms with Crippen LogP contribution >= 0.6 is 0 Å². The summed E-state index contributed by atoms with van der Waals surface area (Å²) >= 11 is 0. The summed E-state index contributed by atoms with van der Waals surface area (Å²) in [6, 6.07) is 1.90. The molecule has 0 aromatic heterocycles. The van der Waals surface area contributed by atoms with Gasteiger partial charge in [-0.25, -0.2) is 0 Å². The highest BCUT2D eigenvalue weighted by atomic mass is 16.5. The Morgan fingerprint density at radius 2 is 1.84 bits per heavy atom. The summed E-state index contributed by atoms with van der Waals surface area (Å²) in [5.41, 5.74) is 0. The summed E-state index contributed by atoms with van der Waals surface area (Å²) in [6.07, 6.45) is 8.89. The first kappa shape index (κ1) is 13.4. The van der Waals surface area contributed by atoms with Gasteiger partial charge in [0.1, 0.15) is 0 Å². The standard InChI is InChI=1S/C15H26N2O2/c1-19-15(18)11-8-13(16-12-6-7-12)10-17(9-11)14-4-2-3-5-14/h11-14,16H,2-10H2,1H3. The molecule has 108 valence electrons. The zero-order valence-corrected chi connectivity index (χ0v) is 11.9. The molecule has 2 atom stereocenters. The van der Waals surface area contributed by atoms with E-state index < -0.39 is 0 Å². The highest BCUT2D eigenvalue weighted by molar-refractivity contribution is 5.72. The average Bonchev–Trinajstić information content (AvgIpc) is 3.08. The molecule has 0 aromatic rings. The molecule has 1 heterocycles. The first-order valence-corrected chi connectivity index (χ1v) is 7.84. The number of rotatable bonds is 4. The maximum Gasteiger partial charge on any atom is 0.310 e. The molecule has 0 amide bonds. The monoisotopic (exact) mass is 266 g/mol. The Bertz CT molecular complexity index is 324. The molecule has 2 unspecified atom stereocenters. The number of hydrogen-bond acceptors (Lipinski definition) is 4. The first-order chi connectivity index (χ1) is 9.26. The summed E-state index contributed by atoms with van der Waals surface area (Å²) in [5.74, 6) is 0.0425. The van der Waals surface area contributed by atoms with E-state index in [0.717, 1.165) is 19.5 Å².